The molecule has 0 saturated heterocycles. The van der Waals surface area contributed by atoms with E-state index in [2.05, 4.69) is 47.4 Å². The summed E-state index contributed by atoms with van der Waals surface area (Å²) in [5.41, 5.74) is 4.09. The van der Waals surface area contributed by atoms with Crippen molar-refractivity contribution in [1.82, 2.24) is 0 Å². The maximum Gasteiger partial charge on any atom is 0.314 e. The van der Waals surface area contributed by atoms with Crippen LogP contribution in [-0.2, 0) is 20.8 Å². The second kappa shape index (κ2) is 39.3. The van der Waals surface area contributed by atoms with Crippen molar-refractivity contribution in [3.05, 3.63) is 312 Å². The zero-order valence-corrected chi connectivity index (χ0v) is 65.3. The molecule has 3 fully saturated rings. The molecule has 594 valence electrons. The van der Waals surface area contributed by atoms with Crippen LogP contribution >= 0.6 is 0 Å². The van der Waals surface area contributed by atoms with E-state index in [0.717, 1.165) is 77.0 Å². The molecular formula is C97H91N5O15. The molecule has 0 heterocycles. The molecule has 0 bridgehead atoms. The van der Waals surface area contributed by atoms with Crippen LogP contribution in [0.25, 0.3) is 0 Å². The number of benzene rings is 11. The molecule has 117 heavy (non-hydrogen) atoms. The largest absolute Gasteiger partial charge is 0.457 e. The van der Waals surface area contributed by atoms with E-state index in [-0.39, 0.29) is 70.4 Å². The van der Waals surface area contributed by atoms with Gasteiger partial charge in [-0.1, -0.05) is 87.5 Å². The molecule has 5 N–H and O–H groups in total. The molecule has 0 radical (unpaired) electrons. The molecule has 0 aromatic heterocycles. The first-order chi connectivity index (χ1) is 56.8. The van der Waals surface area contributed by atoms with Gasteiger partial charge < -0.3 is 55.0 Å². The number of nitrogens with one attached hydrogen (secondary N) is 5. The van der Waals surface area contributed by atoms with E-state index in [1.807, 2.05) is 91.0 Å². The first kappa shape index (κ1) is 81.3. The summed E-state index contributed by atoms with van der Waals surface area (Å²) in [5.74, 6) is 3.09. The van der Waals surface area contributed by atoms with Gasteiger partial charge in [0.05, 0.1) is 17.8 Å². The van der Waals surface area contributed by atoms with Gasteiger partial charge in [-0.15, -0.1) is 0 Å². The minimum Gasteiger partial charge on any atom is -0.457 e. The highest BCUT2D eigenvalue weighted by Gasteiger charge is 2.30. The molecule has 5 amide bonds. The van der Waals surface area contributed by atoms with Crippen molar-refractivity contribution in [1.29, 1.82) is 0 Å². The molecule has 11 aromatic rings. The van der Waals surface area contributed by atoms with Crippen LogP contribution in [0, 0.1) is 35.5 Å². The van der Waals surface area contributed by atoms with Gasteiger partial charge in [-0.25, -0.2) is 0 Å². The van der Waals surface area contributed by atoms with Crippen molar-refractivity contribution in [3.63, 3.8) is 0 Å². The number of Topliss-reactive ketones (excluding diaryl/α,β-unsaturated/α-hetero) is 1. The van der Waals surface area contributed by atoms with Crippen LogP contribution < -0.4 is 55.0 Å². The van der Waals surface area contributed by atoms with E-state index in [1.165, 1.54) is 0 Å². The van der Waals surface area contributed by atoms with E-state index < -0.39 is 29.5 Å². The Labute approximate surface area is 679 Å². The van der Waals surface area contributed by atoms with Gasteiger partial charge in [-0.2, -0.15) is 0 Å². The topological polar surface area (TPSA) is 269 Å². The molecule has 0 spiro atoms. The third-order valence-corrected chi connectivity index (χ3v) is 21.0. The standard InChI is InChI=1S/C52H58N2O9.C45H33N3O6/c1-32-4-12-38(13-5-32)50(58)61-44-22-10-35(11-23-44)28-47(55)41-29-42(53-48(56)36-18-24-45(25-19-36)62-51(59)39-14-6-33(2)7-15-39)31-43(30-41)54-49(57)37-20-26-46(27-21-37)63-52(60)40-16-8-34(3)9-17-40;49-43(31-16-22-40(23-17-31)52-37-10-4-1-5-11-37)47-35-28-33(45(51)46-34-20-26-42(27-21-34)54-39-14-8-3-9-15-39)29-36(30-35)48-44(50)32-18-24-41(25-19-32)53-38-12-6-2-7-13-38/h10-11,18-27,29-34,38-40H,4-9,12-17,28H2,1-3H3,(H,53,56)(H,54,57);1-30H,(H,46,51)(H,47,49)(H,48,50). The average Bonchev–Trinajstić information content (AvgIpc) is 0.825. The predicted octanol–water partition coefficient (Wildman–Crippen LogP) is 21.6. The van der Waals surface area contributed by atoms with Gasteiger partial charge in [0.1, 0.15) is 51.7 Å². The Morgan fingerprint density at radius 1 is 0.248 bits per heavy atom. The molecular weight excluding hydrogens is 1480 g/mol. The monoisotopic (exact) mass is 1570 g/mol. The second-order valence-corrected chi connectivity index (χ2v) is 30.1. The summed E-state index contributed by atoms with van der Waals surface area (Å²) in [6.45, 7) is 6.58. The molecule has 20 heteroatoms. The second-order valence-electron chi connectivity index (χ2n) is 30.1. The number of hydrogen-bond acceptors (Lipinski definition) is 15. The Kier molecular flexibility index (Phi) is 27.3. The highest BCUT2D eigenvalue weighted by Crippen LogP contribution is 2.35. The van der Waals surface area contributed by atoms with Crippen molar-refractivity contribution in [2.45, 2.75) is 104 Å². The Bertz CT molecular complexity index is 5050. The number of carbonyl (C=O) groups is 9. The predicted molar refractivity (Wildman–Crippen MR) is 449 cm³/mol. The van der Waals surface area contributed by atoms with Gasteiger partial charge in [0.15, 0.2) is 5.78 Å². The quantitative estimate of drug-likeness (QED) is 0.0202. The first-order valence-electron chi connectivity index (χ1n) is 39.6. The third-order valence-electron chi connectivity index (χ3n) is 21.0. The van der Waals surface area contributed by atoms with Gasteiger partial charge in [0.2, 0.25) is 0 Å². The van der Waals surface area contributed by atoms with Crippen LogP contribution in [0.15, 0.2) is 273 Å². The summed E-state index contributed by atoms with van der Waals surface area (Å²) < 4.78 is 34.5. The lowest BCUT2D eigenvalue weighted by atomic mass is 9.83. The summed E-state index contributed by atoms with van der Waals surface area (Å²) >= 11 is 0. The highest BCUT2D eigenvalue weighted by molar-refractivity contribution is 6.11. The first-order valence-corrected chi connectivity index (χ1v) is 39.6. The number of amides is 5. The van der Waals surface area contributed by atoms with Gasteiger partial charge in [0, 0.05) is 68.2 Å². The van der Waals surface area contributed by atoms with Gasteiger partial charge in [-0.05, 0) is 307 Å². The van der Waals surface area contributed by atoms with E-state index in [0.29, 0.717) is 114 Å². The summed E-state index contributed by atoms with van der Waals surface area (Å²) in [5, 5.41) is 14.3. The van der Waals surface area contributed by atoms with Gasteiger partial charge in [0.25, 0.3) is 29.5 Å². The van der Waals surface area contributed by atoms with Gasteiger partial charge >= 0.3 is 17.9 Å². The lowest BCUT2D eigenvalue weighted by Crippen LogP contribution is -2.25. The smallest absolute Gasteiger partial charge is 0.314 e. The van der Waals surface area contributed by atoms with Crippen molar-refractivity contribution in [3.8, 4) is 51.7 Å². The molecule has 0 atom stereocenters. The van der Waals surface area contributed by atoms with Gasteiger partial charge in [-0.3, -0.25) is 43.2 Å². The molecule has 3 aliphatic carbocycles. The van der Waals surface area contributed by atoms with Crippen LogP contribution in [0.4, 0.5) is 28.4 Å². The Balaban J connectivity index is 0.000000205. The van der Waals surface area contributed by atoms with Crippen molar-refractivity contribution >= 4 is 81.7 Å². The van der Waals surface area contributed by atoms with Crippen molar-refractivity contribution < 1.29 is 71.6 Å². The Morgan fingerprint density at radius 2 is 0.487 bits per heavy atom. The fraction of sp³-hybridized carbons (Fsp3) is 0.227. The zero-order chi connectivity index (χ0) is 81.6. The van der Waals surface area contributed by atoms with Crippen molar-refractivity contribution in [2.24, 2.45) is 35.5 Å². The molecule has 0 unspecified atom stereocenters. The van der Waals surface area contributed by atoms with Crippen LogP contribution in [0.2, 0.25) is 0 Å². The Hall–Kier alpha value is -13.8. The summed E-state index contributed by atoms with van der Waals surface area (Å²) in [4.78, 5) is 120. The maximum atomic E-state index is 13.8. The van der Waals surface area contributed by atoms with E-state index in [1.54, 1.807) is 182 Å². The SMILES string of the molecule is CC1CCC(C(=O)Oc2ccc(CC(=O)c3cc(NC(=O)c4ccc(OC(=O)C5CCC(C)CC5)cc4)cc(NC(=O)c4ccc(OC(=O)C5CCC(C)CC5)cc4)c3)cc2)CC1.O=C(Nc1cc(NC(=O)c2ccc(Oc3ccccc3)cc2)cc(C(=O)Nc2ccc(Oc3ccccc3)cc2)c1)c1ccc(Oc2ccccc2)cc1. The lowest BCUT2D eigenvalue weighted by Gasteiger charge is -2.24. The van der Waals surface area contributed by atoms with Crippen LogP contribution in [0.3, 0.4) is 0 Å². The van der Waals surface area contributed by atoms with E-state index in [4.69, 9.17) is 28.4 Å². The molecule has 14 rings (SSSR count). The van der Waals surface area contributed by atoms with E-state index >= 15 is 0 Å². The average molecular weight is 1570 g/mol. The number of carbonyl (C=O) groups excluding carboxylic acids is 9. The summed E-state index contributed by atoms with van der Waals surface area (Å²) in [7, 11) is 0. The van der Waals surface area contributed by atoms with Crippen LogP contribution in [0.1, 0.15) is 166 Å². The number of anilines is 5. The number of ketones is 1. The highest BCUT2D eigenvalue weighted by atomic mass is 16.5. The number of rotatable bonds is 25. The molecule has 20 nitrogen and oxygen atoms in total. The molecule has 3 saturated carbocycles. The third kappa shape index (κ3) is 23.7. The molecule has 11 aromatic carbocycles. The van der Waals surface area contributed by atoms with Crippen molar-refractivity contribution in [2.75, 3.05) is 26.6 Å². The number of hydrogen-bond donors (Lipinski definition) is 5. The summed E-state index contributed by atoms with van der Waals surface area (Å²) in [6, 6.07) is 77.0. The fourth-order valence-corrected chi connectivity index (χ4v) is 14.1. The lowest BCUT2D eigenvalue weighted by molar-refractivity contribution is -0.141. The van der Waals surface area contributed by atoms with E-state index in [9.17, 15) is 43.2 Å². The van der Waals surface area contributed by atoms with Crippen LogP contribution in [0.5, 0.6) is 51.7 Å². The molecule has 0 aliphatic heterocycles. The minimum absolute atomic E-state index is 0.000341. The maximum absolute atomic E-state index is 13.8. The molecule has 3 aliphatic rings. The minimum atomic E-state index is -0.475. The zero-order valence-electron chi connectivity index (χ0n) is 65.3. The Morgan fingerprint density at radius 3 is 0.786 bits per heavy atom. The van der Waals surface area contributed by atoms with Crippen LogP contribution in [-0.4, -0.2) is 53.2 Å². The number of esters is 3. The number of para-hydroxylation sites is 3. The normalized spacial score (nSPS) is 16.8. The number of ether oxygens (including phenoxy) is 6. The summed E-state index contributed by atoms with van der Waals surface area (Å²) in [6.07, 6.45) is 10.8. The fourth-order valence-electron chi connectivity index (χ4n) is 14.1.